The van der Waals surface area contributed by atoms with E-state index in [-0.39, 0.29) is 180 Å². The van der Waals surface area contributed by atoms with Crippen LogP contribution in [0.2, 0.25) is 0 Å². The van der Waals surface area contributed by atoms with Crippen LogP contribution in [0.25, 0.3) is 44.6 Å². The van der Waals surface area contributed by atoms with E-state index < -0.39 is 100 Å². The van der Waals surface area contributed by atoms with Crippen molar-refractivity contribution in [2.45, 2.75) is 74.5 Å². The molecule has 658 valence electrons. The van der Waals surface area contributed by atoms with Crippen LogP contribution in [0.3, 0.4) is 0 Å². The minimum absolute atomic E-state index is 0.0640. The van der Waals surface area contributed by atoms with E-state index in [0.717, 1.165) is 54.1 Å². The minimum Gasteiger partial charge on any atom is -0.508 e. The van der Waals surface area contributed by atoms with E-state index in [1.54, 1.807) is 6.07 Å². The van der Waals surface area contributed by atoms with Gasteiger partial charge in [0.05, 0.1) is 36.9 Å². The van der Waals surface area contributed by atoms with Crippen LogP contribution < -0.4 is 34.5 Å². The minimum atomic E-state index is -1.05. The highest BCUT2D eigenvalue weighted by atomic mass is 16.5. The Hall–Kier alpha value is -16.7. The number of phenols is 22. The Kier molecular flexibility index (Phi) is 25.1. The van der Waals surface area contributed by atoms with Crippen LogP contribution in [0.1, 0.15) is 68.9 Å². The van der Waals surface area contributed by atoms with Gasteiger partial charge in [-0.3, -0.25) is 9.59 Å². The zero-order valence-corrected chi connectivity index (χ0v) is 65.7. The highest BCUT2D eigenvalue weighted by Crippen LogP contribution is 2.50. The summed E-state index contributed by atoms with van der Waals surface area (Å²) in [5.41, 5.74) is 3.44. The third-order valence-corrected chi connectivity index (χ3v) is 20.4. The smallest absolute Gasteiger partial charge is 0.238 e. The molecule has 12 aromatic carbocycles. The molecule has 0 bridgehead atoms. The monoisotopic (exact) mass is 1750 g/mol. The van der Waals surface area contributed by atoms with Crippen molar-refractivity contribution in [3.05, 3.63) is 259 Å². The van der Waals surface area contributed by atoms with Gasteiger partial charge in [-0.15, -0.1) is 0 Å². The van der Waals surface area contributed by atoms with Crippen LogP contribution in [0.5, 0.6) is 161 Å². The molecular weight excluding hydrogens is 1670 g/mol. The van der Waals surface area contributed by atoms with Crippen LogP contribution in [0, 0.1) is 0 Å². The van der Waals surface area contributed by atoms with Gasteiger partial charge < -0.3 is 170 Å². The molecule has 0 fully saturated rings. The van der Waals surface area contributed by atoms with E-state index in [9.17, 15) is 147 Å². The van der Waals surface area contributed by atoms with E-state index in [1.807, 2.05) is 30.3 Å². The second-order valence-corrected chi connectivity index (χ2v) is 29.2. The Morgan fingerprint density at radius 1 is 0.291 bits per heavy atom. The van der Waals surface area contributed by atoms with Gasteiger partial charge in [-0.25, -0.2) is 0 Å². The molecule has 36 heteroatoms. The predicted molar refractivity (Wildman–Crippen MR) is 445 cm³/mol. The van der Waals surface area contributed by atoms with Gasteiger partial charge >= 0.3 is 0 Å². The molecule has 36 nitrogen and oxygen atoms in total. The van der Waals surface area contributed by atoms with Gasteiger partial charge in [0, 0.05) is 143 Å². The van der Waals surface area contributed by atoms with Crippen LogP contribution in [0.4, 0.5) is 0 Å². The SMILES string of the molecule is COc1cc(-c2oc3cc(O)cc(O)c3c(=O)c2O)ccc1O.O=c1cc(-c2ccccc2)oc2cc(O)ccc12.Oc1cc(O)c2c(c1)OC(c1cc(O)c(O)c(O)c1)C(O)C2.Oc1cc(O)c2c(c1)OC(c1cc(O)c(O)c(O)c1)[C@H](O)C2.Oc1cc(O)c2c(c1)OC(c1ccc(O)c(O)c1)C(O)C2.Oc1cc(O)c2c(c1)OC(c1ccc(O)c(O)c1)[C@@H](O)C2. The maximum absolute atomic E-state index is 12.2. The summed E-state index contributed by atoms with van der Waals surface area (Å²) >= 11 is 0. The quantitative estimate of drug-likeness (QED) is 0.0659. The Morgan fingerprint density at radius 3 is 1.05 bits per heavy atom. The molecule has 8 atom stereocenters. The van der Waals surface area contributed by atoms with Gasteiger partial charge in [0.15, 0.2) is 92.4 Å². The molecule has 0 saturated carbocycles. The van der Waals surface area contributed by atoms with E-state index in [0.29, 0.717) is 50.1 Å². The first-order valence-electron chi connectivity index (χ1n) is 37.8. The third kappa shape index (κ3) is 19.0. The zero-order chi connectivity index (χ0) is 91.6. The van der Waals surface area contributed by atoms with Crippen molar-refractivity contribution < 1.29 is 170 Å². The zero-order valence-electron chi connectivity index (χ0n) is 65.7. The van der Waals surface area contributed by atoms with Crippen molar-refractivity contribution in [2.75, 3.05) is 7.11 Å². The Labute approximate surface area is 713 Å². The molecule has 127 heavy (non-hydrogen) atoms. The van der Waals surface area contributed by atoms with Crippen LogP contribution in [-0.2, 0) is 25.7 Å². The van der Waals surface area contributed by atoms with E-state index in [4.69, 9.17) is 32.5 Å². The summed E-state index contributed by atoms with van der Waals surface area (Å²) in [7, 11) is 1.35. The van der Waals surface area contributed by atoms with Gasteiger partial charge in [0.25, 0.3) is 0 Å². The van der Waals surface area contributed by atoms with Crippen molar-refractivity contribution in [2.24, 2.45) is 0 Å². The largest absolute Gasteiger partial charge is 0.508 e. The summed E-state index contributed by atoms with van der Waals surface area (Å²) in [5, 5.41) is 261. The lowest BCUT2D eigenvalue weighted by atomic mass is 9.93. The van der Waals surface area contributed by atoms with Gasteiger partial charge in [-0.2, -0.15) is 0 Å². The number of phenolic OH excluding ortho intramolecular Hbond substituents is 22. The highest BCUT2D eigenvalue weighted by Gasteiger charge is 2.38. The van der Waals surface area contributed by atoms with Crippen molar-refractivity contribution in [1.82, 2.24) is 0 Å². The first-order chi connectivity index (χ1) is 60.3. The summed E-state index contributed by atoms with van der Waals surface area (Å²) < 4.78 is 38.5. The van der Waals surface area contributed by atoms with Gasteiger partial charge in [0.1, 0.15) is 121 Å². The molecule has 6 heterocycles. The molecule has 0 aliphatic carbocycles. The second kappa shape index (κ2) is 36.2. The summed E-state index contributed by atoms with van der Waals surface area (Å²) in [6.07, 6.45) is -6.97. The summed E-state index contributed by atoms with van der Waals surface area (Å²) in [5.74, 6) is -6.15. The van der Waals surface area contributed by atoms with Gasteiger partial charge in [-0.1, -0.05) is 42.5 Å². The number of hydrogen-bond acceptors (Lipinski definition) is 36. The first-order valence-corrected chi connectivity index (χ1v) is 37.8. The normalized spacial score (nSPS) is 17.3. The van der Waals surface area contributed by atoms with E-state index in [1.165, 1.54) is 116 Å². The Bertz CT molecular complexity index is 6350. The fraction of sp³-hybridized carbons (Fsp3) is 0.143. The number of methoxy groups -OCH3 is 1. The molecule has 0 radical (unpaired) electrons. The molecule has 0 spiro atoms. The topological polar surface area (TPSA) is 653 Å². The highest BCUT2D eigenvalue weighted by molar-refractivity contribution is 5.88. The average Bonchev–Trinajstić information content (AvgIpc) is 0.774. The van der Waals surface area contributed by atoms with Crippen molar-refractivity contribution in [1.29, 1.82) is 0 Å². The van der Waals surface area contributed by atoms with Crippen LogP contribution in [-0.4, -0.2) is 169 Å². The molecule has 4 aliphatic rings. The van der Waals surface area contributed by atoms with Crippen molar-refractivity contribution in [3.63, 3.8) is 0 Å². The lowest BCUT2D eigenvalue weighted by molar-refractivity contribution is 0.0195. The number of benzene rings is 12. The lowest BCUT2D eigenvalue weighted by Gasteiger charge is -2.31. The van der Waals surface area contributed by atoms with Crippen LogP contribution >= 0.6 is 0 Å². The number of aromatic hydroxyl groups is 23. The number of aliphatic hydroxyl groups excluding tert-OH is 4. The van der Waals surface area contributed by atoms with Crippen molar-refractivity contribution >= 4 is 21.9 Å². The molecule has 0 amide bonds. The van der Waals surface area contributed by atoms with Crippen LogP contribution in [0.15, 0.2) is 213 Å². The standard InChI is InChI=1S/C16H12O7.2C15H14O7.2C15H14O6.C15H10O3/c1-22-11-4-7(2-3-9(11)18)16-15(21)14(20)13-10(19)5-8(17)6-12(13)23-16;2*16-7-3-9(17)8-5-12(20)15(22-13(8)4-7)6-1-10(18)14(21)11(19)2-6;2*16-8-4-11(18)9-6-13(20)15(21-14(9)5-8)7-1-2-10(17)12(19)3-7;16-11-6-7-12-13(17)9-14(18-15(12)8-11)10-4-2-1-3-5-10/h2-6,17-19,21H,1H3;2*1-4,12,15-21H,5H2;2*1-5,13,15-20H,6H2;1-9,16H/t;12-,15?;;13-,15?;;/m.1.0../s1. The second-order valence-electron chi connectivity index (χ2n) is 29.2. The predicted octanol–water partition coefficient (Wildman–Crippen LogP) is 11.1. The fourth-order valence-corrected chi connectivity index (χ4v) is 14.2. The Balaban J connectivity index is 0.000000131. The number of rotatable bonds is 7. The number of hydrogen-bond donors (Lipinski definition) is 27. The molecule has 6 unspecified atom stereocenters. The molecule has 27 N–H and O–H groups in total. The molecule has 0 saturated heterocycles. The molecule has 4 aliphatic heterocycles. The van der Waals surface area contributed by atoms with E-state index >= 15 is 0 Å². The summed E-state index contributed by atoms with van der Waals surface area (Å²) in [4.78, 5) is 24.2. The molecule has 2 aromatic heterocycles. The van der Waals surface area contributed by atoms with Gasteiger partial charge in [-0.05, 0) is 90.0 Å². The number of ether oxygens (including phenoxy) is 5. The Morgan fingerprint density at radius 2 is 0.654 bits per heavy atom. The molecular formula is C91H78O36. The molecule has 14 aromatic rings. The number of aliphatic hydroxyl groups is 4. The van der Waals surface area contributed by atoms with Crippen molar-refractivity contribution in [3.8, 4) is 184 Å². The fourth-order valence-electron chi connectivity index (χ4n) is 14.2. The first kappa shape index (κ1) is 88.1. The maximum Gasteiger partial charge on any atom is 0.238 e. The maximum atomic E-state index is 12.2. The number of fused-ring (bicyclic) bond motifs is 6. The average molecular weight is 1750 g/mol. The summed E-state index contributed by atoms with van der Waals surface area (Å²) in [6.45, 7) is 0. The summed E-state index contributed by atoms with van der Waals surface area (Å²) in [6, 6.07) is 44.5. The lowest BCUT2D eigenvalue weighted by Crippen LogP contribution is -2.30. The molecule has 18 rings (SSSR count). The van der Waals surface area contributed by atoms with E-state index in [2.05, 4.69) is 0 Å². The van der Waals surface area contributed by atoms with Gasteiger partial charge in [0.2, 0.25) is 11.2 Å². The third-order valence-electron chi connectivity index (χ3n) is 20.4.